The lowest BCUT2D eigenvalue weighted by molar-refractivity contribution is -0.135. The molecule has 0 saturated carbocycles. The third kappa shape index (κ3) is 3.63. The average Bonchev–Trinajstić information content (AvgIpc) is 2.90. The molecule has 0 aromatic heterocycles. The summed E-state index contributed by atoms with van der Waals surface area (Å²) in [6.07, 6.45) is 0.977. The Labute approximate surface area is 145 Å². The van der Waals surface area contributed by atoms with E-state index in [9.17, 15) is 4.79 Å². The van der Waals surface area contributed by atoms with Crippen molar-refractivity contribution in [2.45, 2.75) is 19.0 Å². The number of likely N-dealkylation sites (tertiary alicyclic amines) is 2. The van der Waals surface area contributed by atoms with Crippen molar-refractivity contribution in [2.24, 2.45) is 5.41 Å². The van der Waals surface area contributed by atoms with Gasteiger partial charge in [0.25, 0.3) is 0 Å². The van der Waals surface area contributed by atoms with Crippen molar-refractivity contribution < 1.29 is 9.53 Å². The monoisotopic (exact) mass is 331 g/mol. The molecule has 0 bridgehead atoms. The van der Waals surface area contributed by atoms with E-state index in [0.717, 1.165) is 32.6 Å². The van der Waals surface area contributed by atoms with E-state index in [2.05, 4.69) is 47.2 Å². The predicted octanol–water partition coefficient (Wildman–Crippen LogP) is 1.30. The highest BCUT2D eigenvalue weighted by molar-refractivity contribution is 5.82. The number of ether oxygens (including phenoxy) is 1. The number of nitrogens with zero attached hydrogens (tertiary/aromatic N) is 3. The van der Waals surface area contributed by atoms with Gasteiger partial charge in [0.15, 0.2) is 0 Å². The molecule has 1 aromatic rings. The Morgan fingerprint density at radius 3 is 2.67 bits per heavy atom. The molecule has 1 aromatic carbocycles. The Morgan fingerprint density at radius 2 is 2.00 bits per heavy atom. The number of benzene rings is 1. The van der Waals surface area contributed by atoms with Gasteiger partial charge in [0.2, 0.25) is 5.91 Å². The van der Waals surface area contributed by atoms with Crippen molar-refractivity contribution in [3.63, 3.8) is 0 Å². The fourth-order valence-electron chi connectivity index (χ4n) is 4.22. The first-order chi connectivity index (χ1) is 11.5. The van der Waals surface area contributed by atoms with Gasteiger partial charge in [-0.2, -0.15) is 0 Å². The van der Waals surface area contributed by atoms with E-state index >= 15 is 0 Å². The molecule has 2 aliphatic heterocycles. The van der Waals surface area contributed by atoms with E-state index in [1.807, 2.05) is 11.9 Å². The Bertz CT molecular complexity index is 557. The minimum atomic E-state index is 0.0192. The second-order valence-corrected chi connectivity index (χ2v) is 7.52. The van der Waals surface area contributed by atoms with Crippen LogP contribution in [0.15, 0.2) is 30.3 Å². The Hall–Kier alpha value is -1.43. The van der Waals surface area contributed by atoms with Gasteiger partial charge in [-0.1, -0.05) is 30.3 Å². The van der Waals surface area contributed by atoms with Crippen LogP contribution in [0.4, 0.5) is 0 Å². The van der Waals surface area contributed by atoms with Crippen LogP contribution in [0.3, 0.4) is 0 Å². The smallest absolute Gasteiger partial charge is 0.239 e. The summed E-state index contributed by atoms with van der Waals surface area (Å²) in [5, 5.41) is 0. The largest absolute Gasteiger partial charge is 0.383 e. The molecular weight excluding hydrogens is 302 g/mol. The maximum absolute atomic E-state index is 12.7. The summed E-state index contributed by atoms with van der Waals surface area (Å²) in [4.78, 5) is 19.2. The van der Waals surface area contributed by atoms with Gasteiger partial charge in [0.05, 0.1) is 12.6 Å². The molecule has 1 spiro atoms. The Morgan fingerprint density at radius 1 is 1.29 bits per heavy atom. The number of rotatable bonds is 6. The van der Waals surface area contributed by atoms with Crippen molar-refractivity contribution in [3.05, 3.63) is 35.9 Å². The number of methoxy groups -OCH3 is 1. The fourth-order valence-corrected chi connectivity index (χ4v) is 4.22. The first kappa shape index (κ1) is 17.4. The lowest BCUT2D eigenvalue weighted by Crippen LogP contribution is -2.56. The van der Waals surface area contributed by atoms with Gasteiger partial charge >= 0.3 is 0 Å². The summed E-state index contributed by atoms with van der Waals surface area (Å²) < 4.78 is 5.08. The van der Waals surface area contributed by atoms with Crippen LogP contribution < -0.4 is 0 Å². The molecule has 1 unspecified atom stereocenters. The zero-order valence-electron chi connectivity index (χ0n) is 15.1. The second-order valence-electron chi connectivity index (χ2n) is 7.52. The molecule has 0 aliphatic carbocycles. The molecule has 5 nitrogen and oxygen atoms in total. The summed E-state index contributed by atoms with van der Waals surface area (Å²) in [6.45, 7) is 5.47. The van der Waals surface area contributed by atoms with E-state index in [4.69, 9.17) is 4.74 Å². The highest BCUT2D eigenvalue weighted by atomic mass is 16.5. The molecule has 2 aliphatic rings. The summed E-state index contributed by atoms with van der Waals surface area (Å²) in [7, 11) is 5.63. The number of hydrogen-bond acceptors (Lipinski definition) is 4. The number of carbonyl (C=O) groups excluding carboxylic acids is 1. The maximum atomic E-state index is 12.7. The minimum absolute atomic E-state index is 0.0192. The molecule has 132 valence electrons. The maximum Gasteiger partial charge on any atom is 0.239 e. The second kappa shape index (κ2) is 7.21. The lowest BCUT2D eigenvalue weighted by atomic mass is 9.77. The zero-order valence-corrected chi connectivity index (χ0v) is 15.1. The van der Waals surface area contributed by atoms with Crippen molar-refractivity contribution in [1.29, 1.82) is 0 Å². The number of likely N-dealkylation sites (N-methyl/N-ethyl adjacent to an activating group) is 2. The van der Waals surface area contributed by atoms with E-state index < -0.39 is 0 Å². The third-order valence-corrected chi connectivity index (χ3v) is 5.40. The number of hydrogen-bond donors (Lipinski definition) is 0. The number of amides is 1. The summed E-state index contributed by atoms with van der Waals surface area (Å²) in [6, 6.07) is 10.6. The fraction of sp³-hybridized carbons (Fsp3) is 0.632. The zero-order chi connectivity index (χ0) is 17.2. The van der Waals surface area contributed by atoms with E-state index in [1.54, 1.807) is 7.11 Å². The first-order valence-electron chi connectivity index (χ1n) is 8.73. The van der Waals surface area contributed by atoms with Gasteiger partial charge < -0.3 is 9.64 Å². The molecule has 2 saturated heterocycles. The van der Waals surface area contributed by atoms with Crippen LogP contribution in [-0.4, -0.2) is 80.6 Å². The van der Waals surface area contributed by atoms with Crippen molar-refractivity contribution in [1.82, 2.24) is 14.7 Å². The van der Waals surface area contributed by atoms with E-state index in [1.165, 1.54) is 5.56 Å². The van der Waals surface area contributed by atoms with Crippen molar-refractivity contribution >= 4 is 5.91 Å². The van der Waals surface area contributed by atoms with Crippen molar-refractivity contribution in [3.8, 4) is 0 Å². The van der Waals surface area contributed by atoms with Crippen LogP contribution in [0.25, 0.3) is 0 Å². The topological polar surface area (TPSA) is 36.0 Å². The van der Waals surface area contributed by atoms with Crippen LogP contribution >= 0.6 is 0 Å². The van der Waals surface area contributed by atoms with Crippen LogP contribution in [0.1, 0.15) is 12.0 Å². The SMILES string of the molecule is COCCN(C)C(=O)C1CC2(CN(Cc3ccccc3)C2)CN1C. The van der Waals surface area contributed by atoms with E-state index in [-0.39, 0.29) is 11.9 Å². The normalized spacial score (nSPS) is 23.4. The number of carbonyl (C=O) groups is 1. The molecule has 3 rings (SSSR count). The molecule has 24 heavy (non-hydrogen) atoms. The quantitative estimate of drug-likeness (QED) is 0.787. The van der Waals surface area contributed by atoms with Gasteiger partial charge in [-0.3, -0.25) is 14.6 Å². The van der Waals surface area contributed by atoms with Crippen LogP contribution in [0.5, 0.6) is 0 Å². The van der Waals surface area contributed by atoms with Crippen LogP contribution in [0, 0.1) is 5.41 Å². The summed E-state index contributed by atoms with van der Waals surface area (Å²) >= 11 is 0. The molecule has 0 radical (unpaired) electrons. The predicted molar refractivity (Wildman–Crippen MR) is 94.7 cm³/mol. The standard InChI is InChI=1S/C19H29N3O2/c1-20(9-10-24-3)18(23)17-11-19(13-21(17)2)14-22(15-19)12-16-7-5-4-6-8-16/h4-8,17H,9-15H2,1-3H3. The van der Waals surface area contributed by atoms with Crippen LogP contribution in [0.2, 0.25) is 0 Å². The molecule has 1 atom stereocenters. The van der Waals surface area contributed by atoms with Gasteiger partial charge in [0, 0.05) is 52.3 Å². The molecule has 0 N–H and O–H groups in total. The minimum Gasteiger partial charge on any atom is -0.383 e. The molecule has 5 heteroatoms. The van der Waals surface area contributed by atoms with Gasteiger partial charge in [-0.25, -0.2) is 0 Å². The Kier molecular flexibility index (Phi) is 5.23. The van der Waals surface area contributed by atoms with Crippen LogP contribution in [-0.2, 0) is 16.1 Å². The Balaban J connectivity index is 1.52. The molecule has 2 fully saturated rings. The third-order valence-electron chi connectivity index (χ3n) is 5.40. The van der Waals surface area contributed by atoms with Crippen molar-refractivity contribution in [2.75, 3.05) is 54.0 Å². The highest BCUT2D eigenvalue weighted by Gasteiger charge is 2.52. The molecule has 2 heterocycles. The van der Waals surface area contributed by atoms with Gasteiger partial charge in [-0.15, -0.1) is 0 Å². The van der Waals surface area contributed by atoms with E-state index in [0.29, 0.717) is 18.6 Å². The van der Waals surface area contributed by atoms with Gasteiger partial charge in [-0.05, 0) is 19.0 Å². The lowest BCUT2D eigenvalue weighted by Gasteiger charge is -2.48. The first-order valence-corrected chi connectivity index (χ1v) is 8.73. The average molecular weight is 331 g/mol. The van der Waals surface area contributed by atoms with Gasteiger partial charge in [0.1, 0.15) is 0 Å². The molecule has 1 amide bonds. The highest BCUT2D eigenvalue weighted by Crippen LogP contribution is 2.42. The summed E-state index contributed by atoms with van der Waals surface area (Å²) in [5.41, 5.74) is 1.66. The summed E-state index contributed by atoms with van der Waals surface area (Å²) in [5.74, 6) is 0.230. The molecular formula is C19H29N3O2.